The molecule has 158 valence electrons. The first-order valence-corrected chi connectivity index (χ1v) is 15.6. The van der Waals surface area contributed by atoms with E-state index in [-0.39, 0.29) is 10.1 Å². The van der Waals surface area contributed by atoms with Gasteiger partial charge in [0.25, 0.3) is 16.6 Å². The fourth-order valence-corrected chi connectivity index (χ4v) is 3.97. The third-order valence-corrected chi connectivity index (χ3v) is 14.6. The summed E-state index contributed by atoms with van der Waals surface area (Å²) < 4.78 is 19.1. The van der Waals surface area contributed by atoms with Crippen molar-refractivity contribution in [1.29, 1.82) is 0 Å². The molecule has 28 heavy (non-hydrogen) atoms. The van der Waals surface area contributed by atoms with E-state index in [9.17, 15) is 4.79 Å². The van der Waals surface area contributed by atoms with Gasteiger partial charge in [-0.2, -0.15) is 0 Å². The SMILES string of the molecule is C=CCOc1ccc(C=O)c(O[Si](C)(C)C(C)(C)C)c1O[Si](C)(C)C(C)(C)C. The van der Waals surface area contributed by atoms with Crippen LogP contribution in [0.3, 0.4) is 0 Å². The smallest absolute Gasteiger partial charge is 0.250 e. The largest absolute Gasteiger partial charge is 0.540 e. The van der Waals surface area contributed by atoms with Crippen molar-refractivity contribution in [3.05, 3.63) is 30.4 Å². The van der Waals surface area contributed by atoms with Gasteiger partial charge in [0.1, 0.15) is 6.61 Å². The van der Waals surface area contributed by atoms with Crippen LogP contribution in [-0.4, -0.2) is 29.5 Å². The summed E-state index contributed by atoms with van der Waals surface area (Å²) in [4.78, 5) is 11.8. The lowest BCUT2D eigenvalue weighted by molar-refractivity contribution is 0.112. The van der Waals surface area contributed by atoms with Crippen LogP contribution in [0.4, 0.5) is 0 Å². The molecule has 0 aromatic heterocycles. The molecular formula is C22H38O4Si2. The maximum absolute atomic E-state index is 11.8. The Hall–Kier alpha value is -1.54. The predicted octanol–water partition coefficient (Wildman–Crippen LogP) is 6.83. The van der Waals surface area contributed by atoms with Crippen molar-refractivity contribution >= 4 is 22.9 Å². The maximum Gasteiger partial charge on any atom is 0.250 e. The first-order chi connectivity index (χ1) is 12.6. The third-order valence-electron chi connectivity index (χ3n) is 5.92. The molecule has 0 atom stereocenters. The van der Waals surface area contributed by atoms with Gasteiger partial charge in [-0.3, -0.25) is 4.79 Å². The molecule has 0 amide bonds. The Morgan fingerprint density at radius 3 is 1.75 bits per heavy atom. The van der Waals surface area contributed by atoms with E-state index in [1.54, 1.807) is 18.2 Å². The van der Waals surface area contributed by atoms with Crippen LogP contribution >= 0.6 is 0 Å². The van der Waals surface area contributed by atoms with Gasteiger partial charge < -0.3 is 13.6 Å². The van der Waals surface area contributed by atoms with Crippen molar-refractivity contribution in [1.82, 2.24) is 0 Å². The zero-order valence-corrected chi connectivity index (χ0v) is 21.4. The summed E-state index contributed by atoms with van der Waals surface area (Å²) in [5.74, 6) is 1.64. The van der Waals surface area contributed by atoms with Crippen molar-refractivity contribution in [3.8, 4) is 17.2 Å². The monoisotopic (exact) mass is 422 g/mol. The van der Waals surface area contributed by atoms with Gasteiger partial charge in [0, 0.05) is 0 Å². The first kappa shape index (κ1) is 24.5. The van der Waals surface area contributed by atoms with Crippen molar-refractivity contribution < 1.29 is 18.4 Å². The van der Waals surface area contributed by atoms with Gasteiger partial charge in [-0.1, -0.05) is 54.2 Å². The van der Waals surface area contributed by atoms with Crippen molar-refractivity contribution in [2.75, 3.05) is 6.61 Å². The van der Waals surface area contributed by atoms with Gasteiger partial charge in [-0.15, -0.1) is 0 Å². The van der Waals surface area contributed by atoms with E-state index in [0.29, 0.717) is 29.4 Å². The Morgan fingerprint density at radius 1 is 0.893 bits per heavy atom. The van der Waals surface area contributed by atoms with Gasteiger partial charge in [0.2, 0.25) is 0 Å². The molecule has 0 unspecified atom stereocenters. The maximum atomic E-state index is 11.8. The summed E-state index contributed by atoms with van der Waals surface area (Å²) in [6.07, 6.45) is 2.52. The summed E-state index contributed by atoms with van der Waals surface area (Å²) >= 11 is 0. The molecular weight excluding hydrogens is 384 g/mol. The fraction of sp³-hybridized carbons (Fsp3) is 0.591. The third kappa shape index (κ3) is 5.50. The number of hydrogen-bond acceptors (Lipinski definition) is 4. The summed E-state index contributed by atoms with van der Waals surface area (Å²) in [6, 6.07) is 3.53. The van der Waals surface area contributed by atoms with E-state index in [0.717, 1.165) is 6.29 Å². The first-order valence-electron chi connectivity index (χ1n) is 9.81. The highest BCUT2D eigenvalue weighted by Crippen LogP contribution is 2.48. The molecule has 0 bridgehead atoms. The second kappa shape index (κ2) is 8.45. The normalized spacial score (nSPS) is 13.1. The number of hydrogen-bond donors (Lipinski definition) is 0. The van der Waals surface area contributed by atoms with Crippen LogP contribution in [0.5, 0.6) is 17.2 Å². The second-order valence-corrected chi connectivity index (χ2v) is 19.7. The predicted molar refractivity (Wildman–Crippen MR) is 123 cm³/mol. The summed E-state index contributed by atoms with van der Waals surface area (Å²) in [7, 11) is -4.39. The highest BCUT2D eigenvalue weighted by molar-refractivity contribution is 6.75. The lowest BCUT2D eigenvalue weighted by Crippen LogP contribution is -2.46. The lowest BCUT2D eigenvalue weighted by atomic mass is 10.2. The molecule has 6 heteroatoms. The topological polar surface area (TPSA) is 44.8 Å². The van der Waals surface area contributed by atoms with Gasteiger partial charge >= 0.3 is 0 Å². The van der Waals surface area contributed by atoms with Crippen molar-refractivity contribution in [3.63, 3.8) is 0 Å². The number of rotatable bonds is 8. The average molecular weight is 423 g/mol. The molecule has 0 N–H and O–H groups in total. The van der Waals surface area contributed by atoms with Crippen molar-refractivity contribution in [2.24, 2.45) is 0 Å². The molecule has 0 fully saturated rings. The van der Waals surface area contributed by atoms with Gasteiger partial charge in [0.05, 0.1) is 5.56 Å². The van der Waals surface area contributed by atoms with E-state index in [1.165, 1.54) is 0 Å². The van der Waals surface area contributed by atoms with Crippen LogP contribution < -0.4 is 13.6 Å². The van der Waals surface area contributed by atoms with E-state index in [2.05, 4.69) is 74.3 Å². The lowest BCUT2D eigenvalue weighted by Gasteiger charge is -2.40. The summed E-state index contributed by atoms with van der Waals surface area (Å²) in [6.45, 7) is 25.8. The molecule has 0 saturated heterocycles. The highest BCUT2D eigenvalue weighted by atomic mass is 28.4. The summed E-state index contributed by atoms with van der Waals surface area (Å²) in [5, 5.41) is -0.0203. The van der Waals surface area contributed by atoms with E-state index < -0.39 is 16.6 Å². The Labute approximate surface area is 173 Å². The van der Waals surface area contributed by atoms with Gasteiger partial charge in [-0.05, 0) is 48.4 Å². The Kier molecular flexibility index (Phi) is 7.40. The van der Waals surface area contributed by atoms with Crippen LogP contribution in [0.15, 0.2) is 24.8 Å². The van der Waals surface area contributed by atoms with Crippen LogP contribution in [0, 0.1) is 0 Å². The standard InChI is InChI=1S/C22H38O4Si2/c1-12-15-24-18-14-13-17(16-23)19(25-27(8,9)21(2,3)4)20(18)26-28(10,11)22(5,6)7/h12-14,16H,1,15H2,2-11H3. The molecule has 4 nitrogen and oxygen atoms in total. The number of ether oxygens (including phenoxy) is 1. The molecule has 0 saturated carbocycles. The zero-order valence-electron chi connectivity index (χ0n) is 19.4. The number of aldehydes is 1. The van der Waals surface area contributed by atoms with Crippen molar-refractivity contribution in [2.45, 2.75) is 77.8 Å². The molecule has 1 aromatic rings. The fourth-order valence-electron chi connectivity index (χ4n) is 1.93. The van der Waals surface area contributed by atoms with Gasteiger partial charge in [-0.25, -0.2) is 0 Å². The minimum Gasteiger partial charge on any atom is -0.540 e. The number of carbonyl (C=O) groups excluding carboxylic acids is 1. The van der Waals surface area contributed by atoms with Crippen LogP contribution in [0.1, 0.15) is 51.9 Å². The second-order valence-electron chi connectivity index (χ2n) is 10.3. The molecule has 0 aliphatic carbocycles. The summed E-state index contributed by atoms with van der Waals surface area (Å²) in [5.41, 5.74) is 0.490. The molecule has 0 spiro atoms. The molecule has 0 heterocycles. The van der Waals surface area contributed by atoms with Crippen LogP contribution in [0.2, 0.25) is 36.3 Å². The average Bonchev–Trinajstić information content (AvgIpc) is 2.52. The molecule has 1 aromatic carbocycles. The van der Waals surface area contributed by atoms with Crippen LogP contribution in [0.25, 0.3) is 0 Å². The Morgan fingerprint density at radius 2 is 1.36 bits per heavy atom. The molecule has 0 aliphatic rings. The van der Waals surface area contributed by atoms with Crippen LogP contribution in [-0.2, 0) is 0 Å². The molecule has 0 radical (unpaired) electrons. The number of carbonyl (C=O) groups is 1. The highest BCUT2D eigenvalue weighted by Gasteiger charge is 2.43. The zero-order chi connectivity index (χ0) is 22.0. The quantitative estimate of drug-likeness (QED) is 0.261. The van der Waals surface area contributed by atoms with E-state index in [1.807, 2.05) is 0 Å². The molecule has 0 aliphatic heterocycles. The Balaban J connectivity index is 3.65. The van der Waals surface area contributed by atoms with E-state index >= 15 is 0 Å². The minimum atomic E-state index is -2.20. The minimum absolute atomic E-state index is 0.00582. The molecule has 1 rings (SSSR count). The van der Waals surface area contributed by atoms with E-state index in [4.69, 9.17) is 13.6 Å². The van der Waals surface area contributed by atoms with Gasteiger partial charge in [0.15, 0.2) is 23.5 Å². The number of benzene rings is 1. The Bertz CT molecular complexity index is 710.